The van der Waals surface area contributed by atoms with E-state index in [2.05, 4.69) is 45.9 Å². The van der Waals surface area contributed by atoms with Crippen molar-refractivity contribution in [2.45, 2.75) is 19.4 Å². The second-order valence-electron chi connectivity index (χ2n) is 6.81. The molecule has 0 aliphatic rings. The maximum Gasteiger partial charge on any atom is 0.170 e. The molecular weight excluding hydrogens is 439 g/mol. The van der Waals surface area contributed by atoms with Crippen molar-refractivity contribution in [3.05, 3.63) is 121 Å². The number of pyridine rings is 2. The number of halogens is 2. The average Bonchev–Trinajstić information content (AvgIpc) is 2.82. The van der Waals surface area contributed by atoms with Crippen LogP contribution in [0.5, 0.6) is 0 Å². The van der Waals surface area contributed by atoms with E-state index in [9.17, 15) is 0 Å². The number of benzene rings is 2. The van der Waals surface area contributed by atoms with Crippen LogP contribution in [0.15, 0.2) is 110 Å². The molecule has 32 heavy (non-hydrogen) atoms. The molecule has 0 aliphatic heterocycles. The molecule has 0 atom stereocenters. The molecule has 4 nitrogen and oxygen atoms in total. The Morgan fingerprint density at radius 1 is 0.656 bits per heavy atom. The van der Waals surface area contributed by atoms with Gasteiger partial charge in [0.2, 0.25) is 0 Å². The number of hydrogen-bond acceptors (Lipinski definition) is 3. The third kappa shape index (κ3) is 11.9. The van der Waals surface area contributed by atoms with Crippen LogP contribution >= 0.6 is 24.0 Å². The highest BCUT2D eigenvalue weighted by molar-refractivity contribution is 6.17. The Hall–Kier alpha value is -3.08. The molecule has 0 radical (unpaired) electrons. The normalized spacial score (nSPS) is 9.28. The molecule has 0 spiro atoms. The summed E-state index contributed by atoms with van der Waals surface area (Å²) < 4.78 is 2.14. The molecular formula is C26H31Cl2N4+. The van der Waals surface area contributed by atoms with Gasteiger partial charge in [0.1, 0.15) is 0 Å². The van der Waals surface area contributed by atoms with Crippen LogP contribution in [0, 0.1) is 0 Å². The Morgan fingerprint density at radius 3 is 1.56 bits per heavy atom. The summed E-state index contributed by atoms with van der Waals surface area (Å²) >= 11 is 5.54. The lowest BCUT2D eigenvalue weighted by Crippen LogP contribution is -2.33. The van der Waals surface area contributed by atoms with Crippen molar-refractivity contribution >= 4 is 35.4 Å². The van der Waals surface area contributed by atoms with Crippen LogP contribution in [0.3, 0.4) is 0 Å². The highest BCUT2D eigenvalue weighted by Gasteiger charge is 2.00. The van der Waals surface area contributed by atoms with E-state index in [0.29, 0.717) is 5.88 Å². The summed E-state index contributed by atoms with van der Waals surface area (Å²) in [6.07, 6.45) is 9.37. The Morgan fingerprint density at radius 2 is 1.12 bits per heavy atom. The summed E-state index contributed by atoms with van der Waals surface area (Å²) in [6, 6.07) is 28.1. The van der Waals surface area contributed by atoms with Gasteiger partial charge in [-0.1, -0.05) is 60.7 Å². The SMILES string of the molecule is Cl.ClCCc1ccccc1.Nc1cc[n+](CCc2ccccc2)cc1.Nc1ccncc1. The molecule has 168 valence electrons. The van der Waals surface area contributed by atoms with Crippen LogP contribution in [-0.4, -0.2) is 10.9 Å². The van der Waals surface area contributed by atoms with Crippen molar-refractivity contribution in [2.24, 2.45) is 0 Å². The number of anilines is 2. The van der Waals surface area contributed by atoms with Crippen LogP contribution in [0.1, 0.15) is 11.1 Å². The van der Waals surface area contributed by atoms with Gasteiger partial charge in [0.15, 0.2) is 18.9 Å². The van der Waals surface area contributed by atoms with Gasteiger partial charge in [-0.25, -0.2) is 4.57 Å². The van der Waals surface area contributed by atoms with E-state index in [1.54, 1.807) is 24.5 Å². The van der Waals surface area contributed by atoms with Gasteiger partial charge in [0, 0.05) is 48.2 Å². The number of aromatic nitrogens is 2. The summed E-state index contributed by atoms with van der Waals surface area (Å²) in [5.41, 5.74) is 15.2. The second kappa shape index (κ2) is 16.6. The average molecular weight is 470 g/mol. The summed E-state index contributed by atoms with van der Waals surface area (Å²) in [7, 11) is 0. The predicted molar refractivity (Wildman–Crippen MR) is 138 cm³/mol. The molecule has 4 N–H and O–H groups in total. The molecule has 0 aliphatic carbocycles. The molecule has 4 aromatic rings. The van der Waals surface area contributed by atoms with Crippen molar-refractivity contribution in [3.63, 3.8) is 0 Å². The van der Waals surface area contributed by atoms with Crippen molar-refractivity contribution in [1.29, 1.82) is 0 Å². The number of nitrogens with two attached hydrogens (primary N) is 2. The molecule has 0 bridgehead atoms. The van der Waals surface area contributed by atoms with Crippen molar-refractivity contribution in [2.75, 3.05) is 17.3 Å². The quantitative estimate of drug-likeness (QED) is 0.305. The molecule has 0 saturated heterocycles. The van der Waals surface area contributed by atoms with Crippen LogP contribution < -0.4 is 16.0 Å². The van der Waals surface area contributed by atoms with E-state index in [4.69, 9.17) is 23.1 Å². The van der Waals surface area contributed by atoms with Gasteiger partial charge in [0.05, 0.1) is 0 Å². The monoisotopic (exact) mass is 469 g/mol. The van der Waals surface area contributed by atoms with Gasteiger partial charge < -0.3 is 11.5 Å². The molecule has 2 heterocycles. The maximum absolute atomic E-state index is 5.62. The van der Waals surface area contributed by atoms with Crippen LogP contribution in [0.25, 0.3) is 0 Å². The third-order valence-electron chi connectivity index (χ3n) is 4.35. The lowest BCUT2D eigenvalue weighted by Gasteiger charge is -1.98. The van der Waals surface area contributed by atoms with E-state index in [1.165, 1.54) is 11.1 Å². The van der Waals surface area contributed by atoms with Crippen LogP contribution in [-0.2, 0) is 19.4 Å². The zero-order valence-corrected chi connectivity index (χ0v) is 19.6. The number of aryl methyl sites for hydroxylation is 3. The Bertz CT molecular complexity index is 951. The lowest BCUT2D eigenvalue weighted by molar-refractivity contribution is -0.696. The topological polar surface area (TPSA) is 68.8 Å². The first kappa shape index (κ1) is 27.0. The number of nitrogens with zero attached hydrogens (tertiary/aromatic N) is 2. The van der Waals surface area contributed by atoms with Gasteiger partial charge in [-0.2, -0.15) is 0 Å². The highest BCUT2D eigenvalue weighted by Crippen LogP contribution is 2.00. The van der Waals surface area contributed by atoms with E-state index in [0.717, 1.165) is 30.8 Å². The molecule has 0 amide bonds. The first-order valence-corrected chi connectivity index (χ1v) is 10.7. The summed E-state index contributed by atoms with van der Waals surface area (Å²) in [6.45, 7) is 0.990. The number of hydrogen-bond donors (Lipinski definition) is 2. The standard InChI is InChI=1S/C13H14N2.C8H9Cl.C5H6N2.ClH/c14-13-7-10-15(11-8-13)9-6-12-4-2-1-3-5-12;9-7-6-8-4-2-1-3-5-8;6-5-1-3-7-4-2-5;/h1-5,7-8,10-11,14H,6,9H2;1-5H,6-7H2;1-4H,(H2,6,7);1H/p+1. The predicted octanol–water partition coefficient (Wildman–Crippen LogP) is 5.35. The minimum absolute atomic E-state index is 0. The first-order chi connectivity index (χ1) is 15.2. The Labute approximate surface area is 202 Å². The van der Waals surface area contributed by atoms with E-state index < -0.39 is 0 Å². The smallest absolute Gasteiger partial charge is 0.170 e. The fourth-order valence-electron chi connectivity index (χ4n) is 2.64. The zero-order valence-electron chi connectivity index (χ0n) is 18.1. The second-order valence-corrected chi connectivity index (χ2v) is 7.19. The van der Waals surface area contributed by atoms with Gasteiger partial charge >= 0.3 is 0 Å². The third-order valence-corrected chi connectivity index (χ3v) is 4.54. The minimum atomic E-state index is 0. The van der Waals surface area contributed by atoms with E-state index >= 15 is 0 Å². The van der Waals surface area contributed by atoms with Crippen LogP contribution in [0.4, 0.5) is 11.4 Å². The minimum Gasteiger partial charge on any atom is -0.399 e. The van der Waals surface area contributed by atoms with Crippen molar-refractivity contribution in [3.8, 4) is 0 Å². The molecule has 0 fully saturated rings. The summed E-state index contributed by atoms with van der Waals surface area (Å²) in [5.74, 6) is 0.712. The van der Waals surface area contributed by atoms with Gasteiger partial charge in [0.25, 0.3) is 0 Å². The van der Waals surface area contributed by atoms with Gasteiger partial charge in [-0.15, -0.1) is 24.0 Å². The number of alkyl halides is 1. The van der Waals surface area contributed by atoms with E-state index in [1.807, 2.05) is 48.8 Å². The maximum atomic E-state index is 5.62. The Kier molecular flexibility index (Phi) is 14.0. The van der Waals surface area contributed by atoms with Crippen LogP contribution in [0.2, 0.25) is 0 Å². The molecule has 0 saturated carbocycles. The summed E-state index contributed by atoms with van der Waals surface area (Å²) in [5, 5.41) is 0. The van der Waals surface area contributed by atoms with Crippen molar-refractivity contribution < 1.29 is 4.57 Å². The molecule has 2 aromatic carbocycles. The molecule has 4 rings (SSSR count). The lowest BCUT2D eigenvalue weighted by atomic mass is 10.1. The van der Waals surface area contributed by atoms with Gasteiger partial charge in [-0.3, -0.25) is 4.98 Å². The van der Waals surface area contributed by atoms with Gasteiger partial charge in [-0.05, 0) is 29.7 Å². The fraction of sp³-hybridized carbons (Fsp3) is 0.154. The molecule has 2 aromatic heterocycles. The zero-order chi connectivity index (χ0) is 22.2. The number of nitrogen functional groups attached to an aromatic ring is 2. The fourth-order valence-corrected chi connectivity index (χ4v) is 2.86. The molecule has 6 heteroatoms. The van der Waals surface area contributed by atoms with E-state index in [-0.39, 0.29) is 12.4 Å². The summed E-state index contributed by atoms with van der Waals surface area (Å²) in [4.78, 5) is 3.77. The molecule has 0 unspecified atom stereocenters. The number of rotatable bonds is 5. The largest absolute Gasteiger partial charge is 0.399 e. The highest BCUT2D eigenvalue weighted by atomic mass is 35.5. The van der Waals surface area contributed by atoms with Crippen molar-refractivity contribution in [1.82, 2.24) is 4.98 Å². The Balaban J connectivity index is 0.000000258. The first-order valence-electron chi connectivity index (χ1n) is 10.2.